The maximum Gasteiger partial charge on any atom is 0.330 e. The molecule has 0 spiro atoms. The number of benzene rings is 2. The van der Waals surface area contributed by atoms with E-state index in [2.05, 4.69) is 10.3 Å². The molecule has 0 saturated carbocycles. The molecule has 1 aromatic heterocycles. The third-order valence-corrected chi connectivity index (χ3v) is 7.34. The fourth-order valence-corrected chi connectivity index (χ4v) is 5.20. The molecule has 9 heteroatoms. The van der Waals surface area contributed by atoms with Crippen LogP contribution in [-0.2, 0) is 16.6 Å². The van der Waals surface area contributed by atoms with Gasteiger partial charge in [-0.15, -0.1) is 0 Å². The number of aromatic nitrogens is 2. The highest BCUT2D eigenvalue weighted by Gasteiger charge is 2.26. The van der Waals surface area contributed by atoms with Crippen molar-refractivity contribution >= 4 is 15.9 Å². The molecule has 0 unspecified atom stereocenters. The van der Waals surface area contributed by atoms with Crippen molar-refractivity contribution in [2.24, 2.45) is 0 Å². The van der Waals surface area contributed by atoms with E-state index in [9.17, 15) is 18.0 Å². The van der Waals surface area contributed by atoms with Crippen LogP contribution < -0.4 is 11.0 Å². The van der Waals surface area contributed by atoms with E-state index >= 15 is 0 Å². The van der Waals surface area contributed by atoms with Gasteiger partial charge in [-0.25, -0.2) is 13.2 Å². The molecule has 4 rings (SSSR count). The van der Waals surface area contributed by atoms with Crippen LogP contribution in [0.25, 0.3) is 5.69 Å². The molecule has 1 fully saturated rings. The number of rotatable bonds is 6. The summed E-state index contributed by atoms with van der Waals surface area (Å²) in [6.45, 7) is 3.23. The van der Waals surface area contributed by atoms with Crippen LogP contribution in [0, 0.1) is 6.92 Å². The highest BCUT2D eigenvalue weighted by Crippen LogP contribution is 2.21. The van der Waals surface area contributed by atoms with Crippen molar-refractivity contribution in [3.8, 4) is 5.69 Å². The Labute approximate surface area is 180 Å². The minimum absolute atomic E-state index is 0.232. The van der Waals surface area contributed by atoms with Crippen molar-refractivity contribution in [3.05, 3.63) is 82.0 Å². The maximum atomic E-state index is 12.6. The van der Waals surface area contributed by atoms with Crippen LogP contribution in [0.3, 0.4) is 0 Å². The predicted octanol–water partition coefficient (Wildman–Crippen LogP) is 2.19. The van der Waals surface area contributed by atoms with Gasteiger partial charge < -0.3 is 10.3 Å². The van der Waals surface area contributed by atoms with Gasteiger partial charge in [0.15, 0.2) is 0 Å². The van der Waals surface area contributed by atoms with Gasteiger partial charge in [-0.1, -0.05) is 12.1 Å². The molecule has 0 atom stereocenters. The molecular weight excluding hydrogens is 416 g/mol. The highest BCUT2D eigenvalue weighted by molar-refractivity contribution is 7.89. The lowest BCUT2D eigenvalue weighted by Gasteiger charge is -2.15. The summed E-state index contributed by atoms with van der Waals surface area (Å²) < 4.78 is 28.2. The zero-order valence-corrected chi connectivity index (χ0v) is 18.0. The average molecular weight is 441 g/mol. The Hall–Kier alpha value is -3.17. The van der Waals surface area contributed by atoms with Crippen LogP contribution in [0.15, 0.2) is 64.4 Å². The summed E-state index contributed by atoms with van der Waals surface area (Å²) in [5.74, 6) is -0.251. The number of carbonyl (C=O) groups is 1. The second-order valence-corrected chi connectivity index (χ2v) is 9.49. The maximum absolute atomic E-state index is 12.6. The monoisotopic (exact) mass is 440 g/mol. The van der Waals surface area contributed by atoms with Crippen LogP contribution >= 0.6 is 0 Å². The van der Waals surface area contributed by atoms with Crippen molar-refractivity contribution < 1.29 is 13.2 Å². The van der Waals surface area contributed by atoms with Crippen LogP contribution in [0.2, 0.25) is 0 Å². The van der Waals surface area contributed by atoms with E-state index in [1.165, 1.54) is 8.87 Å². The summed E-state index contributed by atoms with van der Waals surface area (Å²) in [6, 6.07) is 13.4. The van der Waals surface area contributed by atoms with E-state index < -0.39 is 10.0 Å². The zero-order valence-electron chi connectivity index (χ0n) is 17.2. The number of hydrogen-bond donors (Lipinski definition) is 2. The molecule has 8 nitrogen and oxygen atoms in total. The first-order chi connectivity index (χ1) is 14.9. The number of hydrogen-bond acceptors (Lipinski definition) is 4. The topological polar surface area (TPSA) is 104 Å². The van der Waals surface area contributed by atoms with Gasteiger partial charge in [0.05, 0.1) is 10.6 Å². The molecule has 1 saturated heterocycles. The third kappa shape index (κ3) is 4.33. The summed E-state index contributed by atoms with van der Waals surface area (Å²) in [4.78, 5) is 27.2. The number of sulfonamides is 1. The van der Waals surface area contributed by atoms with Crippen molar-refractivity contribution in [1.29, 1.82) is 0 Å². The molecule has 2 N–H and O–H groups in total. The highest BCUT2D eigenvalue weighted by atomic mass is 32.2. The smallest absolute Gasteiger partial charge is 0.330 e. The second-order valence-electron chi connectivity index (χ2n) is 7.56. The van der Waals surface area contributed by atoms with E-state index in [0.29, 0.717) is 24.3 Å². The number of imidazole rings is 1. The van der Waals surface area contributed by atoms with Gasteiger partial charge in [-0.2, -0.15) is 4.31 Å². The third-order valence-electron chi connectivity index (χ3n) is 5.43. The van der Waals surface area contributed by atoms with Crippen LogP contribution in [0.1, 0.15) is 34.5 Å². The van der Waals surface area contributed by atoms with Gasteiger partial charge in [0, 0.05) is 37.1 Å². The zero-order chi connectivity index (χ0) is 22.0. The van der Waals surface area contributed by atoms with E-state index in [4.69, 9.17) is 0 Å². The molecule has 162 valence electrons. The van der Waals surface area contributed by atoms with Gasteiger partial charge in [-0.3, -0.25) is 9.36 Å². The number of carbonyl (C=O) groups excluding carboxylic acids is 1. The first kappa shape index (κ1) is 21.1. The summed E-state index contributed by atoms with van der Waals surface area (Å²) in [7, 11) is -3.44. The number of H-pyrrole nitrogens is 1. The van der Waals surface area contributed by atoms with Crippen molar-refractivity contribution in [1.82, 2.24) is 19.2 Å². The lowest BCUT2D eigenvalue weighted by Crippen LogP contribution is -2.28. The Bertz CT molecular complexity index is 1240. The number of aryl methyl sites for hydroxylation is 1. The van der Waals surface area contributed by atoms with Gasteiger partial charge in [0.25, 0.3) is 5.91 Å². The Morgan fingerprint density at radius 3 is 2.26 bits per heavy atom. The normalized spacial score (nSPS) is 14.6. The van der Waals surface area contributed by atoms with Crippen LogP contribution in [-0.4, -0.2) is 41.3 Å². The van der Waals surface area contributed by atoms with Crippen LogP contribution in [0.4, 0.5) is 0 Å². The predicted molar refractivity (Wildman–Crippen MR) is 117 cm³/mol. The molecule has 3 aromatic rings. The van der Waals surface area contributed by atoms with E-state index in [1.807, 2.05) is 6.92 Å². The van der Waals surface area contributed by atoms with Crippen molar-refractivity contribution in [2.45, 2.75) is 31.2 Å². The fraction of sp³-hybridized carbons (Fsp3) is 0.273. The molecule has 2 heterocycles. The van der Waals surface area contributed by atoms with E-state index in [-0.39, 0.29) is 23.0 Å². The Morgan fingerprint density at radius 1 is 1.03 bits per heavy atom. The summed E-state index contributed by atoms with van der Waals surface area (Å²) >= 11 is 0. The number of amides is 1. The van der Waals surface area contributed by atoms with Gasteiger partial charge in [-0.05, 0) is 61.7 Å². The largest absolute Gasteiger partial charge is 0.348 e. The molecule has 0 aliphatic carbocycles. The number of aromatic amines is 1. The molecule has 31 heavy (non-hydrogen) atoms. The van der Waals surface area contributed by atoms with Gasteiger partial charge >= 0.3 is 5.69 Å². The molecule has 2 aromatic carbocycles. The van der Waals surface area contributed by atoms with Gasteiger partial charge in [0.2, 0.25) is 10.0 Å². The van der Waals surface area contributed by atoms with E-state index in [0.717, 1.165) is 24.1 Å². The summed E-state index contributed by atoms with van der Waals surface area (Å²) in [5.41, 5.74) is 2.50. The molecule has 0 radical (unpaired) electrons. The number of nitrogens with zero attached hydrogens (tertiary/aromatic N) is 2. The van der Waals surface area contributed by atoms with Crippen molar-refractivity contribution in [3.63, 3.8) is 0 Å². The van der Waals surface area contributed by atoms with Gasteiger partial charge in [0.1, 0.15) is 0 Å². The lowest BCUT2D eigenvalue weighted by molar-refractivity contribution is 0.0951. The first-order valence-corrected chi connectivity index (χ1v) is 11.5. The Morgan fingerprint density at radius 2 is 1.68 bits per heavy atom. The number of nitrogens with one attached hydrogen (secondary N) is 2. The molecule has 1 aliphatic heterocycles. The van der Waals surface area contributed by atoms with E-state index in [1.54, 1.807) is 54.7 Å². The SMILES string of the molecule is Cc1c[nH]c(=O)n1-c1ccc(C(=O)NCc2ccc(S(=O)(=O)N3CCCC3)cc2)cc1. The molecule has 1 amide bonds. The first-order valence-electron chi connectivity index (χ1n) is 10.1. The second kappa shape index (κ2) is 8.52. The Kier molecular flexibility index (Phi) is 5.79. The van der Waals surface area contributed by atoms with Crippen molar-refractivity contribution in [2.75, 3.05) is 13.1 Å². The minimum atomic E-state index is -3.44. The van der Waals surface area contributed by atoms with Crippen LogP contribution in [0.5, 0.6) is 0 Å². The standard InChI is InChI=1S/C22H24N4O4S/c1-16-14-24-22(28)26(16)19-8-6-18(7-9-19)21(27)23-15-17-4-10-20(11-5-17)31(29,30)25-12-2-3-13-25/h4-11,14H,2-3,12-13,15H2,1H3,(H,23,27)(H,24,28). The quantitative estimate of drug-likeness (QED) is 0.613. The summed E-state index contributed by atoms with van der Waals surface area (Å²) in [5, 5.41) is 2.83. The Balaban J connectivity index is 1.39. The lowest BCUT2D eigenvalue weighted by atomic mass is 10.1. The molecular formula is C22H24N4O4S. The fourth-order valence-electron chi connectivity index (χ4n) is 3.68. The molecule has 0 bridgehead atoms. The molecule has 1 aliphatic rings. The average Bonchev–Trinajstić information content (AvgIpc) is 3.43. The minimum Gasteiger partial charge on any atom is -0.348 e. The summed E-state index contributed by atoms with van der Waals surface area (Å²) in [6.07, 6.45) is 3.42.